The molecule has 1 aromatic carbocycles. The zero-order chi connectivity index (χ0) is 13.8. The molecule has 2 aromatic rings. The normalized spacial score (nSPS) is 12.4. The first-order valence-electron chi connectivity index (χ1n) is 5.90. The SMILES string of the molecule is CCNC(c1cncc(F)c1)c1cc(Cl)ccc1Br. The van der Waals surface area contributed by atoms with Crippen LogP contribution in [0.4, 0.5) is 4.39 Å². The molecule has 0 fully saturated rings. The summed E-state index contributed by atoms with van der Waals surface area (Å²) in [4.78, 5) is 3.90. The van der Waals surface area contributed by atoms with Crippen LogP contribution in [0.15, 0.2) is 41.1 Å². The molecule has 2 nitrogen and oxygen atoms in total. The third-order valence-electron chi connectivity index (χ3n) is 2.74. The van der Waals surface area contributed by atoms with E-state index >= 15 is 0 Å². The highest BCUT2D eigenvalue weighted by atomic mass is 79.9. The smallest absolute Gasteiger partial charge is 0.141 e. The van der Waals surface area contributed by atoms with Crippen LogP contribution in [0.3, 0.4) is 0 Å². The first-order chi connectivity index (χ1) is 9.11. The quantitative estimate of drug-likeness (QED) is 0.893. The molecule has 0 saturated heterocycles. The average molecular weight is 344 g/mol. The Hall–Kier alpha value is -0.970. The molecule has 5 heteroatoms. The van der Waals surface area contributed by atoms with Crippen LogP contribution in [0.25, 0.3) is 0 Å². The van der Waals surface area contributed by atoms with Crippen LogP contribution in [0.2, 0.25) is 5.02 Å². The van der Waals surface area contributed by atoms with Crippen molar-refractivity contribution < 1.29 is 4.39 Å². The molecule has 0 saturated carbocycles. The van der Waals surface area contributed by atoms with Gasteiger partial charge in [0.1, 0.15) is 5.82 Å². The molecule has 100 valence electrons. The Labute approximate surface area is 125 Å². The maximum absolute atomic E-state index is 13.3. The van der Waals surface area contributed by atoms with Gasteiger partial charge in [0.05, 0.1) is 12.2 Å². The molecule has 0 bridgehead atoms. The third kappa shape index (κ3) is 3.53. The zero-order valence-electron chi connectivity index (χ0n) is 10.3. The second-order valence-electron chi connectivity index (χ2n) is 4.09. The second-order valence-corrected chi connectivity index (χ2v) is 5.38. The molecular formula is C14H13BrClFN2. The number of halogens is 3. The highest BCUT2D eigenvalue weighted by molar-refractivity contribution is 9.10. The molecule has 0 radical (unpaired) electrons. The van der Waals surface area contributed by atoms with Crippen LogP contribution >= 0.6 is 27.5 Å². The minimum absolute atomic E-state index is 0.152. The molecule has 0 aliphatic rings. The molecule has 1 aromatic heterocycles. The summed E-state index contributed by atoms with van der Waals surface area (Å²) in [6, 6.07) is 6.88. The molecule has 2 rings (SSSR count). The van der Waals surface area contributed by atoms with Crippen LogP contribution in [-0.4, -0.2) is 11.5 Å². The van der Waals surface area contributed by atoms with Crippen molar-refractivity contribution in [1.29, 1.82) is 0 Å². The summed E-state index contributed by atoms with van der Waals surface area (Å²) in [6.07, 6.45) is 2.85. The van der Waals surface area contributed by atoms with Gasteiger partial charge < -0.3 is 5.32 Å². The predicted octanol–water partition coefficient (Wildman–Crippen LogP) is 4.34. The molecule has 0 amide bonds. The standard InChI is InChI=1S/C14H13BrClFN2/c1-2-19-14(9-5-11(17)8-18-7-9)12-6-10(16)3-4-13(12)15/h3-8,14,19H,2H2,1H3. The first kappa shape index (κ1) is 14.4. The van der Waals surface area contributed by atoms with E-state index in [0.717, 1.165) is 22.1 Å². The zero-order valence-corrected chi connectivity index (χ0v) is 12.7. The van der Waals surface area contributed by atoms with E-state index in [4.69, 9.17) is 11.6 Å². The summed E-state index contributed by atoms with van der Waals surface area (Å²) in [5, 5.41) is 3.96. The second kappa shape index (κ2) is 6.46. The molecule has 19 heavy (non-hydrogen) atoms. The Morgan fingerprint density at radius 2 is 2.16 bits per heavy atom. The Bertz CT molecular complexity index is 577. The number of pyridine rings is 1. The van der Waals surface area contributed by atoms with Gasteiger partial charge in [-0.15, -0.1) is 0 Å². The molecule has 1 unspecified atom stereocenters. The van der Waals surface area contributed by atoms with Crippen LogP contribution in [-0.2, 0) is 0 Å². The van der Waals surface area contributed by atoms with Gasteiger partial charge in [0.25, 0.3) is 0 Å². The van der Waals surface area contributed by atoms with Crippen LogP contribution < -0.4 is 5.32 Å². The van der Waals surface area contributed by atoms with Crippen molar-refractivity contribution in [1.82, 2.24) is 10.3 Å². The summed E-state index contributed by atoms with van der Waals surface area (Å²) in [5.74, 6) is -0.349. The minimum atomic E-state index is -0.349. The highest BCUT2D eigenvalue weighted by Crippen LogP contribution is 2.30. The number of rotatable bonds is 4. The summed E-state index contributed by atoms with van der Waals surface area (Å²) >= 11 is 9.55. The van der Waals surface area contributed by atoms with Crippen molar-refractivity contribution in [2.24, 2.45) is 0 Å². The molecule has 1 N–H and O–H groups in total. The molecule has 0 aliphatic carbocycles. The molecule has 1 atom stereocenters. The van der Waals surface area contributed by atoms with E-state index in [0.29, 0.717) is 5.02 Å². The van der Waals surface area contributed by atoms with E-state index in [1.165, 1.54) is 12.3 Å². The number of nitrogens with one attached hydrogen (secondary N) is 1. The van der Waals surface area contributed by atoms with Crippen molar-refractivity contribution in [2.75, 3.05) is 6.54 Å². The topological polar surface area (TPSA) is 24.9 Å². The predicted molar refractivity (Wildman–Crippen MR) is 78.9 cm³/mol. The van der Waals surface area contributed by atoms with Crippen LogP contribution in [0.1, 0.15) is 24.1 Å². The van der Waals surface area contributed by atoms with Gasteiger partial charge >= 0.3 is 0 Å². The lowest BCUT2D eigenvalue weighted by molar-refractivity contribution is 0.595. The maximum Gasteiger partial charge on any atom is 0.141 e. The van der Waals surface area contributed by atoms with E-state index in [9.17, 15) is 4.39 Å². The lowest BCUT2D eigenvalue weighted by atomic mass is 10.00. The van der Waals surface area contributed by atoms with Gasteiger partial charge in [-0.25, -0.2) is 4.39 Å². The van der Waals surface area contributed by atoms with Crippen molar-refractivity contribution >= 4 is 27.5 Å². The van der Waals surface area contributed by atoms with E-state index < -0.39 is 0 Å². The van der Waals surface area contributed by atoms with Gasteiger partial charge in [-0.05, 0) is 41.9 Å². The fourth-order valence-electron chi connectivity index (χ4n) is 1.93. The Balaban J connectivity index is 2.48. The summed E-state index contributed by atoms with van der Waals surface area (Å²) < 4.78 is 14.3. The summed E-state index contributed by atoms with van der Waals surface area (Å²) in [6.45, 7) is 2.75. The summed E-state index contributed by atoms with van der Waals surface area (Å²) in [5.41, 5.74) is 1.73. The largest absolute Gasteiger partial charge is 0.306 e. The molecular weight excluding hydrogens is 331 g/mol. The number of aromatic nitrogens is 1. The fraction of sp³-hybridized carbons (Fsp3) is 0.214. The van der Waals surface area contributed by atoms with Gasteiger partial charge in [0, 0.05) is 15.7 Å². The highest BCUT2D eigenvalue weighted by Gasteiger charge is 2.17. The van der Waals surface area contributed by atoms with Crippen LogP contribution in [0, 0.1) is 5.82 Å². The van der Waals surface area contributed by atoms with Gasteiger partial charge in [-0.1, -0.05) is 34.5 Å². The van der Waals surface area contributed by atoms with Crippen molar-refractivity contribution in [3.05, 3.63) is 63.1 Å². The lowest BCUT2D eigenvalue weighted by Crippen LogP contribution is -2.22. The van der Waals surface area contributed by atoms with Gasteiger partial charge in [0.2, 0.25) is 0 Å². The monoisotopic (exact) mass is 342 g/mol. The molecule has 0 spiro atoms. The lowest BCUT2D eigenvalue weighted by Gasteiger charge is -2.20. The van der Waals surface area contributed by atoms with E-state index in [1.807, 2.05) is 25.1 Å². The molecule has 1 heterocycles. The number of hydrogen-bond donors (Lipinski definition) is 1. The Morgan fingerprint density at radius 1 is 1.37 bits per heavy atom. The van der Waals surface area contributed by atoms with Gasteiger partial charge in [0.15, 0.2) is 0 Å². The number of nitrogens with zero attached hydrogens (tertiary/aromatic N) is 1. The van der Waals surface area contributed by atoms with Crippen molar-refractivity contribution in [3.63, 3.8) is 0 Å². The Morgan fingerprint density at radius 3 is 2.84 bits per heavy atom. The van der Waals surface area contributed by atoms with Gasteiger partial charge in [-0.2, -0.15) is 0 Å². The van der Waals surface area contributed by atoms with E-state index in [1.54, 1.807) is 6.20 Å². The number of hydrogen-bond acceptors (Lipinski definition) is 2. The Kier molecular flexibility index (Phi) is 4.91. The average Bonchev–Trinajstić information content (AvgIpc) is 2.39. The fourth-order valence-corrected chi connectivity index (χ4v) is 2.59. The van der Waals surface area contributed by atoms with Gasteiger partial charge in [-0.3, -0.25) is 4.98 Å². The third-order valence-corrected chi connectivity index (χ3v) is 3.69. The molecule has 0 aliphatic heterocycles. The summed E-state index contributed by atoms with van der Waals surface area (Å²) in [7, 11) is 0. The number of benzene rings is 1. The van der Waals surface area contributed by atoms with Crippen LogP contribution in [0.5, 0.6) is 0 Å². The minimum Gasteiger partial charge on any atom is -0.306 e. The van der Waals surface area contributed by atoms with E-state index in [-0.39, 0.29) is 11.9 Å². The first-order valence-corrected chi connectivity index (χ1v) is 7.07. The van der Waals surface area contributed by atoms with Crippen molar-refractivity contribution in [2.45, 2.75) is 13.0 Å². The van der Waals surface area contributed by atoms with E-state index in [2.05, 4.69) is 26.2 Å². The van der Waals surface area contributed by atoms with Crippen molar-refractivity contribution in [3.8, 4) is 0 Å². The maximum atomic E-state index is 13.3.